The molecule has 4 nitrogen and oxygen atoms in total. The van der Waals surface area contributed by atoms with Crippen LogP contribution in [0.1, 0.15) is 63.8 Å². The fourth-order valence-electron chi connectivity index (χ4n) is 3.05. The molecule has 2 unspecified atom stereocenters. The predicted molar refractivity (Wildman–Crippen MR) is 107 cm³/mol. The lowest BCUT2D eigenvalue weighted by molar-refractivity contribution is -0.157. The Morgan fingerprint density at radius 1 is 1.27 bits per heavy atom. The maximum absolute atomic E-state index is 13.0. The van der Waals surface area contributed by atoms with E-state index in [4.69, 9.17) is 16.3 Å². The van der Waals surface area contributed by atoms with Crippen LogP contribution in [0.2, 0.25) is 5.02 Å². The van der Waals surface area contributed by atoms with Gasteiger partial charge in [0.1, 0.15) is 11.4 Å². The third kappa shape index (κ3) is 5.40. The SMILES string of the molecule is CCCCCCC(=O)N1C(C(=O)OC(C)C)CSC1c1ccccc1Cl. The van der Waals surface area contributed by atoms with Crippen LogP contribution in [0, 0.1) is 0 Å². The van der Waals surface area contributed by atoms with Crippen molar-refractivity contribution in [1.82, 2.24) is 4.90 Å². The lowest BCUT2D eigenvalue weighted by Gasteiger charge is -2.29. The maximum Gasteiger partial charge on any atom is 0.330 e. The number of carbonyl (C=O) groups excluding carboxylic acids is 2. The predicted octanol–water partition coefficient (Wildman–Crippen LogP) is 5.20. The first-order chi connectivity index (χ1) is 12.5. The van der Waals surface area contributed by atoms with Crippen LogP contribution < -0.4 is 0 Å². The highest BCUT2D eigenvalue weighted by Crippen LogP contribution is 2.44. The van der Waals surface area contributed by atoms with E-state index in [0.29, 0.717) is 17.2 Å². The molecule has 0 aliphatic carbocycles. The van der Waals surface area contributed by atoms with Gasteiger partial charge in [0.15, 0.2) is 0 Å². The van der Waals surface area contributed by atoms with E-state index in [1.807, 2.05) is 38.1 Å². The Bertz CT molecular complexity index is 623. The number of hydrogen-bond acceptors (Lipinski definition) is 4. The third-order valence-electron chi connectivity index (χ3n) is 4.33. The summed E-state index contributed by atoms with van der Waals surface area (Å²) in [6, 6.07) is 6.97. The quantitative estimate of drug-likeness (QED) is 0.446. The molecule has 144 valence electrons. The van der Waals surface area contributed by atoms with E-state index < -0.39 is 6.04 Å². The minimum atomic E-state index is -0.553. The van der Waals surface area contributed by atoms with Crippen molar-refractivity contribution >= 4 is 35.2 Å². The van der Waals surface area contributed by atoms with E-state index in [-0.39, 0.29) is 23.4 Å². The van der Waals surface area contributed by atoms with Gasteiger partial charge in [-0.1, -0.05) is 56.0 Å². The fourth-order valence-corrected chi connectivity index (χ4v) is 4.83. The highest BCUT2D eigenvalue weighted by Gasteiger charge is 2.43. The first kappa shape index (κ1) is 21.1. The molecular formula is C20H28ClNO3S. The molecule has 1 amide bonds. The van der Waals surface area contributed by atoms with Gasteiger partial charge in [0.05, 0.1) is 6.10 Å². The molecule has 2 rings (SSSR count). The van der Waals surface area contributed by atoms with Crippen molar-refractivity contribution in [3.63, 3.8) is 0 Å². The molecule has 1 aliphatic heterocycles. The van der Waals surface area contributed by atoms with E-state index in [0.717, 1.165) is 31.2 Å². The second-order valence-electron chi connectivity index (χ2n) is 6.82. The number of rotatable bonds is 8. The first-order valence-electron chi connectivity index (χ1n) is 9.33. The molecule has 0 aromatic heterocycles. The summed E-state index contributed by atoms with van der Waals surface area (Å²) >= 11 is 7.94. The minimum absolute atomic E-state index is 0.00160. The first-order valence-corrected chi connectivity index (χ1v) is 10.8. The van der Waals surface area contributed by atoms with E-state index in [1.54, 1.807) is 16.7 Å². The number of nitrogens with zero attached hydrogens (tertiary/aromatic N) is 1. The molecule has 1 saturated heterocycles. The zero-order chi connectivity index (χ0) is 19.1. The van der Waals surface area contributed by atoms with E-state index in [9.17, 15) is 9.59 Å². The van der Waals surface area contributed by atoms with Crippen molar-refractivity contribution in [3.8, 4) is 0 Å². The van der Waals surface area contributed by atoms with Gasteiger partial charge in [0, 0.05) is 22.8 Å². The molecule has 2 atom stereocenters. The van der Waals surface area contributed by atoms with Crippen LogP contribution in [0.4, 0.5) is 0 Å². The standard InChI is InChI=1S/C20H28ClNO3S/c1-4-5-6-7-12-18(23)22-17(20(24)25-14(2)3)13-26-19(22)15-10-8-9-11-16(15)21/h8-11,14,17,19H,4-7,12-13H2,1-3H3. The summed E-state index contributed by atoms with van der Waals surface area (Å²) in [4.78, 5) is 27.2. The van der Waals surface area contributed by atoms with E-state index in [2.05, 4.69) is 6.92 Å². The van der Waals surface area contributed by atoms with Gasteiger partial charge in [-0.2, -0.15) is 0 Å². The molecule has 1 fully saturated rings. The molecule has 0 spiro atoms. The number of carbonyl (C=O) groups is 2. The average molecular weight is 398 g/mol. The van der Waals surface area contributed by atoms with Crippen LogP contribution in [0.3, 0.4) is 0 Å². The molecule has 6 heteroatoms. The maximum atomic E-state index is 13.0. The Balaban J connectivity index is 2.20. The fraction of sp³-hybridized carbons (Fsp3) is 0.600. The summed E-state index contributed by atoms with van der Waals surface area (Å²) in [6.45, 7) is 5.79. The number of ether oxygens (including phenoxy) is 1. The Kier molecular flexibility index (Phi) is 8.29. The largest absolute Gasteiger partial charge is 0.461 e. The van der Waals surface area contributed by atoms with Gasteiger partial charge in [-0.3, -0.25) is 4.79 Å². The van der Waals surface area contributed by atoms with Gasteiger partial charge >= 0.3 is 5.97 Å². The highest BCUT2D eigenvalue weighted by molar-refractivity contribution is 7.99. The Morgan fingerprint density at radius 3 is 2.65 bits per heavy atom. The van der Waals surface area contributed by atoms with Crippen LogP contribution in [0.5, 0.6) is 0 Å². The molecule has 0 bridgehead atoms. The van der Waals surface area contributed by atoms with Gasteiger partial charge in [0.2, 0.25) is 5.91 Å². The molecule has 1 heterocycles. The van der Waals surface area contributed by atoms with E-state index >= 15 is 0 Å². The van der Waals surface area contributed by atoms with Crippen LogP contribution in [0.15, 0.2) is 24.3 Å². The summed E-state index contributed by atoms with van der Waals surface area (Å²) in [7, 11) is 0. The van der Waals surface area contributed by atoms with Crippen molar-refractivity contribution in [2.45, 2.75) is 70.4 Å². The van der Waals surface area contributed by atoms with Gasteiger partial charge in [-0.05, 0) is 26.3 Å². The number of benzene rings is 1. The van der Waals surface area contributed by atoms with Crippen LogP contribution in [0.25, 0.3) is 0 Å². The monoisotopic (exact) mass is 397 g/mol. The highest BCUT2D eigenvalue weighted by atomic mass is 35.5. The van der Waals surface area contributed by atoms with Gasteiger partial charge in [0.25, 0.3) is 0 Å². The molecule has 1 aliphatic rings. The minimum Gasteiger partial charge on any atom is -0.461 e. The summed E-state index contributed by atoms with van der Waals surface area (Å²) < 4.78 is 5.39. The Morgan fingerprint density at radius 2 is 2.00 bits per heavy atom. The van der Waals surface area contributed by atoms with Crippen molar-refractivity contribution in [2.75, 3.05) is 5.75 Å². The number of amides is 1. The van der Waals surface area contributed by atoms with E-state index in [1.165, 1.54) is 0 Å². The topological polar surface area (TPSA) is 46.6 Å². The Hall–Kier alpha value is -1.20. The van der Waals surface area contributed by atoms with Crippen molar-refractivity contribution in [1.29, 1.82) is 0 Å². The van der Waals surface area contributed by atoms with Crippen molar-refractivity contribution in [2.24, 2.45) is 0 Å². The molecule has 1 aromatic carbocycles. The average Bonchev–Trinajstić information content (AvgIpc) is 3.03. The zero-order valence-corrected chi connectivity index (χ0v) is 17.3. The van der Waals surface area contributed by atoms with Crippen LogP contribution >= 0.6 is 23.4 Å². The summed E-state index contributed by atoms with van der Waals surface area (Å²) in [5, 5.41) is 0.374. The number of halogens is 1. The van der Waals surface area contributed by atoms with Crippen LogP contribution in [-0.4, -0.2) is 34.7 Å². The van der Waals surface area contributed by atoms with Gasteiger partial charge < -0.3 is 9.64 Å². The normalized spacial score (nSPS) is 19.8. The van der Waals surface area contributed by atoms with Gasteiger partial charge in [-0.25, -0.2) is 4.79 Å². The molecule has 0 saturated carbocycles. The second kappa shape index (κ2) is 10.2. The number of thioether (sulfide) groups is 1. The smallest absolute Gasteiger partial charge is 0.330 e. The lowest BCUT2D eigenvalue weighted by atomic mass is 10.1. The van der Waals surface area contributed by atoms with Crippen molar-refractivity contribution < 1.29 is 14.3 Å². The number of esters is 1. The number of hydrogen-bond donors (Lipinski definition) is 0. The molecule has 1 aromatic rings. The summed E-state index contributed by atoms with van der Waals surface area (Å²) in [6.07, 6.45) is 4.37. The molecular weight excluding hydrogens is 370 g/mol. The summed E-state index contributed by atoms with van der Waals surface area (Å²) in [5.74, 6) is 0.202. The summed E-state index contributed by atoms with van der Waals surface area (Å²) in [5.41, 5.74) is 0.876. The Labute approximate surface area is 165 Å². The number of unbranched alkanes of at least 4 members (excludes halogenated alkanes) is 3. The molecule has 0 N–H and O–H groups in total. The van der Waals surface area contributed by atoms with Crippen molar-refractivity contribution in [3.05, 3.63) is 34.9 Å². The molecule has 0 radical (unpaired) electrons. The zero-order valence-electron chi connectivity index (χ0n) is 15.7. The molecule has 26 heavy (non-hydrogen) atoms. The lowest BCUT2D eigenvalue weighted by Crippen LogP contribution is -2.44. The second-order valence-corrected chi connectivity index (χ2v) is 8.34. The van der Waals surface area contributed by atoms with Gasteiger partial charge in [-0.15, -0.1) is 11.8 Å². The third-order valence-corrected chi connectivity index (χ3v) is 5.98. The van der Waals surface area contributed by atoms with Crippen LogP contribution in [-0.2, 0) is 14.3 Å².